The molecular weight excluding hydrogens is 354 g/mol. The molecule has 0 fully saturated rings. The van der Waals surface area contributed by atoms with Gasteiger partial charge in [-0.3, -0.25) is 10.1 Å². The number of hydrogen-bond acceptors (Lipinski definition) is 4. The minimum atomic E-state index is -0.122. The van der Waals surface area contributed by atoms with E-state index in [1.807, 2.05) is 23.6 Å². The fourth-order valence-corrected chi connectivity index (χ4v) is 3.53. The van der Waals surface area contributed by atoms with Gasteiger partial charge in [0, 0.05) is 17.5 Å². The number of hydrogen-bond donors (Lipinski definition) is 2. The fraction of sp³-hybridized carbons (Fsp3) is 0.273. The maximum Gasteiger partial charge on any atom is 0.257 e. The molecule has 0 aliphatic rings. The molecule has 0 saturated heterocycles. The van der Waals surface area contributed by atoms with Crippen molar-refractivity contribution in [1.82, 2.24) is 10.3 Å². The van der Waals surface area contributed by atoms with Crippen LogP contribution in [0.4, 0.5) is 5.13 Å². The number of carbonyl (C=O) groups excluding carboxylic acids is 1. The van der Waals surface area contributed by atoms with E-state index in [0.717, 1.165) is 31.6 Å². The van der Waals surface area contributed by atoms with E-state index in [9.17, 15) is 4.79 Å². The molecule has 5 heteroatoms. The van der Waals surface area contributed by atoms with Gasteiger partial charge in [0.15, 0.2) is 5.13 Å². The van der Waals surface area contributed by atoms with Crippen LogP contribution in [0, 0.1) is 0 Å². The lowest BCUT2D eigenvalue weighted by Gasteiger charge is -2.04. The number of nitrogens with zero attached hydrogens (tertiary/aromatic N) is 1. The van der Waals surface area contributed by atoms with Crippen LogP contribution >= 0.6 is 11.3 Å². The van der Waals surface area contributed by atoms with Gasteiger partial charge in [-0.1, -0.05) is 55.0 Å². The summed E-state index contributed by atoms with van der Waals surface area (Å²) in [7, 11) is 0. The summed E-state index contributed by atoms with van der Waals surface area (Å²) in [6.07, 6.45) is 4.75. The Hall–Kier alpha value is -2.50. The summed E-state index contributed by atoms with van der Waals surface area (Å²) in [6, 6.07) is 19.8. The molecule has 1 amide bonds. The van der Waals surface area contributed by atoms with E-state index in [1.54, 1.807) is 12.1 Å². The van der Waals surface area contributed by atoms with Crippen LogP contribution in [0.3, 0.4) is 0 Å². The molecule has 4 nitrogen and oxygen atoms in total. The number of benzene rings is 2. The lowest BCUT2D eigenvalue weighted by molar-refractivity contribution is 0.102. The van der Waals surface area contributed by atoms with Crippen molar-refractivity contribution >= 4 is 22.4 Å². The lowest BCUT2D eigenvalue weighted by Crippen LogP contribution is -2.15. The number of thiazole rings is 1. The minimum Gasteiger partial charge on any atom is -0.311 e. The van der Waals surface area contributed by atoms with E-state index in [-0.39, 0.29) is 5.91 Å². The van der Waals surface area contributed by atoms with E-state index in [1.165, 1.54) is 29.7 Å². The molecule has 1 aromatic heterocycles. The third-order valence-corrected chi connectivity index (χ3v) is 5.08. The van der Waals surface area contributed by atoms with Crippen molar-refractivity contribution in [1.29, 1.82) is 0 Å². The molecule has 0 atom stereocenters. The predicted octanol–water partition coefficient (Wildman–Crippen LogP) is 4.90. The number of aryl methyl sites for hydroxylation is 1. The summed E-state index contributed by atoms with van der Waals surface area (Å²) in [4.78, 5) is 16.6. The highest BCUT2D eigenvalue weighted by molar-refractivity contribution is 7.13. The molecule has 1 heterocycles. The number of anilines is 1. The van der Waals surface area contributed by atoms with Crippen molar-refractivity contribution in [3.63, 3.8) is 0 Å². The molecule has 0 spiro atoms. The Morgan fingerprint density at radius 1 is 0.926 bits per heavy atom. The van der Waals surface area contributed by atoms with Crippen molar-refractivity contribution in [2.24, 2.45) is 0 Å². The quantitative estimate of drug-likeness (QED) is 0.493. The van der Waals surface area contributed by atoms with Crippen molar-refractivity contribution in [3.8, 4) is 0 Å². The molecule has 0 aliphatic heterocycles. The van der Waals surface area contributed by atoms with E-state index in [0.29, 0.717) is 10.7 Å². The first-order valence-electron chi connectivity index (χ1n) is 9.37. The smallest absolute Gasteiger partial charge is 0.257 e. The SMILES string of the molecule is O=C(Nc1nc(CNCCCCCc2ccccc2)cs1)c1ccccc1. The van der Waals surface area contributed by atoms with Gasteiger partial charge in [-0.2, -0.15) is 0 Å². The first-order valence-corrected chi connectivity index (χ1v) is 10.2. The molecule has 0 unspecified atom stereocenters. The van der Waals surface area contributed by atoms with Gasteiger partial charge in [0.05, 0.1) is 5.69 Å². The molecule has 0 aliphatic carbocycles. The van der Waals surface area contributed by atoms with Gasteiger partial charge in [0.1, 0.15) is 0 Å². The van der Waals surface area contributed by atoms with Gasteiger partial charge in [-0.25, -0.2) is 4.98 Å². The number of carbonyl (C=O) groups is 1. The van der Waals surface area contributed by atoms with Crippen LogP contribution < -0.4 is 10.6 Å². The molecule has 2 N–H and O–H groups in total. The first kappa shape index (κ1) is 19.3. The van der Waals surface area contributed by atoms with Crippen LogP contribution in [-0.4, -0.2) is 17.4 Å². The average Bonchev–Trinajstić information content (AvgIpc) is 3.16. The highest BCUT2D eigenvalue weighted by atomic mass is 32.1. The Balaban J connectivity index is 1.30. The van der Waals surface area contributed by atoms with Crippen LogP contribution in [0.2, 0.25) is 0 Å². The molecule has 0 saturated carbocycles. The van der Waals surface area contributed by atoms with Crippen LogP contribution in [0.15, 0.2) is 66.0 Å². The Morgan fingerprint density at radius 3 is 2.44 bits per heavy atom. The second-order valence-corrected chi connectivity index (χ2v) is 7.30. The number of amides is 1. The predicted molar refractivity (Wildman–Crippen MR) is 112 cm³/mol. The van der Waals surface area contributed by atoms with E-state index in [2.05, 4.69) is 45.9 Å². The maximum atomic E-state index is 12.1. The summed E-state index contributed by atoms with van der Waals surface area (Å²) in [5.41, 5.74) is 3.02. The molecule has 2 aromatic carbocycles. The van der Waals surface area contributed by atoms with Crippen molar-refractivity contribution < 1.29 is 4.79 Å². The maximum absolute atomic E-state index is 12.1. The van der Waals surface area contributed by atoms with Gasteiger partial charge in [0.2, 0.25) is 0 Å². The van der Waals surface area contributed by atoms with Crippen molar-refractivity contribution in [2.45, 2.75) is 32.2 Å². The second-order valence-electron chi connectivity index (χ2n) is 6.44. The zero-order valence-electron chi connectivity index (χ0n) is 15.4. The Bertz CT molecular complexity index is 818. The van der Waals surface area contributed by atoms with Gasteiger partial charge >= 0.3 is 0 Å². The molecular formula is C22H25N3OS. The molecule has 0 bridgehead atoms. The van der Waals surface area contributed by atoms with Gasteiger partial charge in [-0.15, -0.1) is 11.3 Å². The second kappa shape index (κ2) is 10.6. The van der Waals surface area contributed by atoms with Crippen LogP contribution in [0.5, 0.6) is 0 Å². The third kappa shape index (κ3) is 6.62. The van der Waals surface area contributed by atoms with E-state index < -0.39 is 0 Å². The highest BCUT2D eigenvalue weighted by Gasteiger charge is 2.08. The molecule has 27 heavy (non-hydrogen) atoms. The number of unbranched alkanes of at least 4 members (excludes halogenated alkanes) is 2. The lowest BCUT2D eigenvalue weighted by atomic mass is 10.1. The standard InChI is InChI=1S/C22H25N3OS/c26-21(19-13-7-2-8-14-19)25-22-24-20(17-27-22)16-23-15-9-3-6-12-18-10-4-1-5-11-18/h1-2,4-5,7-8,10-11,13-14,17,23H,3,6,9,12,15-16H2,(H,24,25,26). The molecule has 3 aromatic rings. The van der Waals surface area contributed by atoms with Crippen LogP contribution in [0.1, 0.15) is 40.9 Å². The van der Waals surface area contributed by atoms with Gasteiger partial charge in [-0.05, 0) is 43.5 Å². The Morgan fingerprint density at radius 2 is 1.67 bits per heavy atom. The summed E-state index contributed by atoms with van der Waals surface area (Å²) in [5.74, 6) is -0.122. The van der Waals surface area contributed by atoms with Crippen molar-refractivity contribution in [3.05, 3.63) is 82.9 Å². The number of nitrogens with one attached hydrogen (secondary N) is 2. The van der Waals surface area contributed by atoms with Crippen molar-refractivity contribution in [2.75, 3.05) is 11.9 Å². The average molecular weight is 380 g/mol. The van der Waals surface area contributed by atoms with Crippen LogP contribution in [-0.2, 0) is 13.0 Å². The van der Waals surface area contributed by atoms with Gasteiger partial charge in [0.25, 0.3) is 5.91 Å². The minimum absolute atomic E-state index is 0.122. The molecule has 140 valence electrons. The van der Waals surface area contributed by atoms with Gasteiger partial charge < -0.3 is 5.32 Å². The number of rotatable bonds is 10. The zero-order chi connectivity index (χ0) is 18.7. The van der Waals surface area contributed by atoms with E-state index in [4.69, 9.17) is 0 Å². The summed E-state index contributed by atoms with van der Waals surface area (Å²) in [5, 5.41) is 8.91. The topological polar surface area (TPSA) is 54.0 Å². The van der Waals surface area contributed by atoms with E-state index >= 15 is 0 Å². The third-order valence-electron chi connectivity index (χ3n) is 4.28. The monoisotopic (exact) mass is 379 g/mol. The largest absolute Gasteiger partial charge is 0.311 e. The summed E-state index contributed by atoms with van der Waals surface area (Å²) >= 11 is 1.46. The highest BCUT2D eigenvalue weighted by Crippen LogP contribution is 2.16. The molecule has 0 radical (unpaired) electrons. The fourth-order valence-electron chi connectivity index (χ4n) is 2.82. The number of aromatic nitrogens is 1. The normalized spacial score (nSPS) is 10.7. The molecule has 3 rings (SSSR count). The Labute approximate surface area is 164 Å². The zero-order valence-corrected chi connectivity index (χ0v) is 16.2. The van der Waals surface area contributed by atoms with Crippen LogP contribution in [0.25, 0.3) is 0 Å². The first-order chi connectivity index (χ1) is 13.3. The summed E-state index contributed by atoms with van der Waals surface area (Å²) in [6.45, 7) is 1.72. The Kier molecular flexibility index (Phi) is 7.56. The summed E-state index contributed by atoms with van der Waals surface area (Å²) < 4.78 is 0.